The van der Waals surface area contributed by atoms with Gasteiger partial charge in [0.25, 0.3) is 0 Å². The fourth-order valence-electron chi connectivity index (χ4n) is 3.52. The lowest BCUT2D eigenvalue weighted by atomic mass is 9.97. The fourth-order valence-corrected chi connectivity index (χ4v) is 3.52. The van der Waals surface area contributed by atoms with E-state index >= 15 is 0 Å². The average Bonchev–Trinajstić information content (AvgIpc) is 2.72. The molecule has 0 aromatic heterocycles. The van der Waals surface area contributed by atoms with Crippen molar-refractivity contribution in [3.05, 3.63) is 70.8 Å². The lowest BCUT2D eigenvalue weighted by Crippen LogP contribution is -2.50. The van der Waals surface area contributed by atoms with Gasteiger partial charge in [0, 0.05) is 13.6 Å². The van der Waals surface area contributed by atoms with Crippen LogP contribution in [0.1, 0.15) is 56.0 Å². The van der Waals surface area contributed by atoms with E-state index in [0.29, 0.717) is 6.54 Å². The van der Waals surface area contributed by atoms with Crippen molar-refractivity contribution in [1.29, 1.82) is 0 Å². The maximum atomic E-state index is 13.3. The molecule has 0 saturated carbocycles. The maximum absolute atomic E-state index is 13.3. The number of benzene rings is 2. The second-order valence-electron chi connectivity index (χ2n) is 9.28. The first-order valence-corrected chi connectivity index (χ1v) is 11.0. The third-order valence-corrected chi connectivity index (χ3v) is 5.12. The topological polar surface area (TPSA) is 87.7 Å². The van der Waals surface area contributed by atoms with Gasteiger partial charge in [-0.2, -0.15) is 0 Å². The summed E-state index contributed by atoms with van der Waals surface area (Å²) in [6.07, 6.45) is -0.687. The third-order valence-electron chi connectivity index (χ3n) is 5.12. The van der Waals surface area contributed by atoms with Gasteiger partial charge in [-0.15, -0.1) is 0 Å². The molecule has 7 heteroatoms. The van der Waals surface area contributed by atoms with Gasteiger partial charge in [-0.3, -0.25) is 9.59 Å². The molecule has 2 aromatic carbocycles. The SMILES string of the molecule is Cc1ccc(C(C(=O)NCc2ccccc2)N(C)C(=O)C(C)NC(=O)OC(C)(C)C)c(C)c1. The van der Waals surface area contributed by atoms with Crippen LogP contribution in [0.2, 0.25) is 0 Å². The number of hydrogen-bond acceptors (Lipinski definition) is 4. The van der Waals surface area contributed by atoms with Crippen molar-refractivity contribution < 1.29 is 19.1 Å². The van der Waals surface area contributed by atoms with Crippen LogP contribution >= 0.6 is 0 Å². The zero-order chi connectivity index (χ0) is 24.8. The maximum Gasteiger partial charge on any atom is 0.408 e. The van der Waals surface area contributed by atoms with Crippen LogP contribution in [0.25, 0.3) is 0 Å². The van der Waals surface area contributed by atoms with Crippen LogP contribution in [0.15, 0.2) is 48.5 Å². The predicted octanol–water partition coefficient (Wildman–Crippen LogP) is 4.03. The van der Waals surface area contributed by atoms with Crippen LogP contribution in [0.4, 0.5) is 4.79 Å². The number of amides is 3. The summed E-state index contributed by atoms with van der Waals surface area (Å²) in [7, 11) is 1.57. The van der Waals surface area contributed by atoms with Gasteiger partial charge in [0.05, 0.1) is 0 Å². The van der Waals surface area contributed by atoms with Crippen molar-refractivity contribution in [2.24, 2.45) is 0 Å². The van der Waals surface area contributed by atoms with E-state index in [4.69, 9.17) is 4.74 Å². The molecule has 2 atom stereocenters. The molecule has 0 saturated heterocycles. The first kappa shape index (κ1) is 25.9. The van der Waals surface area contributed by atoms with Gasteiger partial charge >= 0.3 is 6.09 Å². The number of aryl methyl sites for hydroxylation is 2. The summed E-state index contributed by atoms with van der Waals surface area (Å²) in [6, 6.07) is 13.6. The third kappa shape index (κ3) is 7.63. The van der Waals surface area contributed by atoms with Gasteiger partial charge < -0.3 is 20.3 Å². The van der Waals surface area contributed by atoms with Crippen molar-refractivity contribution in [3.63, 3.8) is 0 Å². The molecule has 2 aromatic rings. The van der Waals surface area contributed by atoms with Crippen molar-refractivity contribution >= 4 is 17.9 Å². The molecular weight excluding hydrogens is 418 g/mol. The number of nitrogens with zero attached hydrogens (tertiary/aromatic N) is 1. The lowest BCUT2D eigenvalue weighted by molar-refractivity contribution is -0.140. The summed E-state index contributed by atoms with van der Waals surface area (Å²) in [5.41, 5.74) is 2.97. The average molecular weight is 454 g/mol. The van der Waals surface area contributed by atoms with E-state index in [1.807, 2.05) is 62.4 Å². The molecule has 0 spiro atoms. The van der Waals surface area contributed by atoms with Crippen LogP contribution in [0, 0.1) is 13.8 Å². The minimum atomic E-state index is -0.875. The van der Waals surface area contributed by atoms with Crippen molar-refractivity contribution in [2.75, 3.05) is 7.05 Å². The molecule has 0 aliphatic heterocycles. The Hall–Kier alpha value is -3.35. The summed E-state index contributed by atoms with van der Waals surface area (Å²) < 4.78 is 5.25. The standard InChI is InChI=1S/C26H35N3O4/c1-17-13-14-21(18(2)15-17)22(23(30)27-16-20-11-9-8-10-12-20)29(7)24(31)19(3)28-25(32)33-26(4,5)6/h8-15,19,22H,16H2,1-7H3,(H,27,30)(H,28,32). The molecule has 2 rings (SSSR count). The molecule has 0 fully saturated rings. The van der Waals surface area contributed by atoms with Gasteiger partial charge in [-0.05, 0) is 58.2 Å². The fraction of sp³-hybridized carbons (Fsp3) is 0.423. The summed E-state index contributed by atoms with van der Waals surface area (Å²) in [5.74, 6) is -0.702. The highest BCUT2D eigenvalue weighted by molar-refractivity contribution is 5.92. The molecule has 3 amide bonds. The molecule has 2 N–H and O–H groups in total. The van der Waals surface area contributed by atoms with Gasteiger partial charge in [0.15, 0.2) is 0 Å². The van der Waals surface area contributed by atoms with Crippen LogP contribution < -0.4 is 10.6 Å². The molecule has 33 heavy (non-hydrogen) atoms. The molecule has 0 bridgehead atoms. The molecular formula is C26H35N3O4. The Morgan fingerprint density at radius 2 is 1.67 bits per heavy atom. The normalized spacial score (nSPS) is 12.9. The minimum absolute atomic E-state index is 0.300. The highest BCUT2D eigenvalue weighted by Gasteiger charge is 2.33. The van der Waals surface area contributed by atoms with Crippen LogP contribution in [0.5, 0.6) is 0 Å². The Bertz CT molecular complexity index is 983. The molecule has 7 nitrogen and oxygen atoms in total. The zero-order valence-corrected chi connectivity index (χ0v) is 20.6. The smallest absolute Gasteiger partial charge is 0.408 e. The Morgan fingerprint density at radius 1 is 1.03 bits per heavy atom. The number of hydrogen-bond donors (Lipinski definition) is 2. The summed E-state index contributed by atoms with van der Waals surface area (Å²) in [4.78, 5) is 40.0. The van der Waals surface area contributed by atoms with Gasteiger partial charge in [0.1, 0.15) is 17.7 Å². The van der Waals surface area contributed by atoms with Crippen LogP contribution in [0.3, 0.4) is 0 Å². The van der Waals surface area contributed by atoms with Crippen molar-refractivity contribution in [1.82, 2.24) is 15.5 Å². The highest BCUT2D eigenvalue weighted by atomic mass is 16.6. The number of carbonyl (C=O) groups is 3. The zero-order valence-electron chi connectivity index (χ0n) is 20.6. The van der Waals surface area contributed by atoms with Crippen LogP contribution in [-0.4, -0.2) is 41.5 Å². The number of likely N-dealkylation sites (N-methyl/N-ethyl adjacent to an activating group) is 1. The first-order chi connectivity index (χ1) is 15.4. The summed E-state index contributed by atoms with van der Waals surface area (Å²) in [5, 5.41) is 5.50. The van der Waals surface area contributed by atoms with E-state index in [1.54, 1.807) is 34.7 Å². The number of ether oxygens (including phenoxy) is 1. The molecule has 0 aliphatic rings. The predicted molar refractivity (Wildman–Crippen MR) is 129 cm³/mol. The lowest BCUT2D eigenvalue weighted by Gasteiger charge is -2.31. The van der Waals surface area contributed by atoms with E-state index in [2.05, 4.69) is 10.6 Å². The Balaban J connectivity index is 2.25. The number of alkyl carbamates (subject to hydrolysis) is 1. The largest absolute Gasteiger partial charge is 0.444 e. The second-order valence-corrected chi connectivity index (χ2v) is 9.28. The number of rotatable bonds is 7. The van der Waals surface area contributed by atoms with Gasteiger partial charge in [0.2, 0.25) is 11.8 Å². The van der Waals surface area contributed by atoms with E-state index in [0.717, 1.165) is 22.3 Å². The van der Waals surface area contributed by atoms with E-state index in [9.17, 15) is 14.4 Å². The minimum Gasteiger partial charge on any atom is -0.444 e. The molecule has 0 aliphatic carbocycles. The van der Waals surface area contributed by atoms with Crippen LogP contribution in [-0.2, 0) is 20.9 Å². The highest BCUT2D eigenvalue weighted by Crippen LogP contribution is 2.25. The molecule has 178 valence electrons. The summed E-state index contributed by atoms with van der Waals surface area (Å²) >= 11 is 0. The molecule has 2 unspecified atom stereocenters. The van der Waals surface area contributed by atoms with Gasteiger partial charge in [-0.25, -0.2) is 4.79 Å². The first-order valence-electron chi connectivity index (χ1n) is 11.0. The Kier molecular flexibility index (Phi) is 8.63. The molecule has 0 radical (unpaired) electrons. The summed E-state index contributed by atoms with van der Waals surface area (Å²) in [6.45, 7) is 11.1. The monoisotopic (exact) mass is 453 g/mol. The van der Waals surface area contributed by atoms with E-state index < -0.39 is 29.7 Å². The van der Waals surface area contributed by atoms with Gasteiger partial charge in [-0.1, -0.05) is 54.1 Å². The number of nitrogens with one attached hydrogen (secondary N) is 2. The van der Waals surface area contributed by atoms with Crippen molar-refractivity contribution in [2.45, 2.75) is 65.8 Å². The van der Waals surface area contributed by atoms with Crippen molar-refractivity contribution in [3.8, 4) is 0 Å². The Morgan fingerprint density at radius 3 is 2.24 bits per heavy atom. The Labute approximate surface area is 196 Å². The molecule has 0 heterocycles. The van der Waals surface area contributed by atoms with E-state index in [1.165, 1.54) is 4.90 Å². The second kappa shape index (κ2) is 11.0. The number of carbonyl (C=O) groups excluding carboxylic acids is 3. The van der Waals surface area contributed by atoms with E-state index in [-0.39, 0.29) is 5.91 Å². The quantitative estimate of drug-likeness (QED) is 0.663.